The van der Waals surface area contributed by atoms with Crippen molar-refractivity contribution < 1.29 is 9.15 Å². The number of benzene rings is 1. The molecule has 1 N–H and O–H groups in total. The van der Waals surface area contributed by atoms with Crippen LogP contribution in [0.5, 0.6) is 5.75 Å². The highest BCUT2D eigenvalue weighted by atomic mass is 35.5. The summed E-state index contributed by atoms with van der Waals surface area (Å²) in [5.74, 6) is 1.51. The molecule has 1 aromatic carbocycles. The summed E-state index contributed by atoms with van der Waals surface area (Å²) >= 11 is 6.13. The van der Waals surface area contributed by atoms with Gasteiger partial charge in [-0.1, -0.05) is 24.6 Å². The van der Waals surface area contributed by atoms with Crippen LogP contribution < -0.4 is 10.1 Å². The van der Waals surface area contributed by atoms with Crippen molar-refractivity contribution >= 4 is 11.6 Å². The third-order valence-electron chi connectivity index (χ3n) is 2.85. The van der Waals surface area contributed by atoms with E-state index in [1.807, 2.05) is 31.2 Å². The number of nitrogens with one attached hydrogen (secondary N) is 1. The first-order valence-corrected chi connectivity index (χ1v) is 6.73. The minimum absolute atomic E-state index is 0.385. The molecular weight excluding hydrogens is 262 g/mol. The molecule has 0 aliphatic rings. The lowest BCUT2D eigenvalue weighted by atomic mass is 10.2. The van der Waals surface area contributed by atoms with Crippen LogP contribution in [-0.2, 0) is 13.2 Å². The minimum Gasteiger partial charge on any atom is -0.484 e. The van der Waals surface area contributed by atoms with Gasteiger partial charge in [0.15, 0.2) is 0 Å². The summed E-state index contributed by atoms with van der Waals surface area (Å²) in [4.78, 5) is 0. The first kappa shape index (κ1) is 14.0. The van der Waals surface area contributed by atoms with Crippen molar-refractivity contribution in [3.63, 3.8) is 0 Å². The lowest BCUT2D eigenvalue weighted by Gasteiger charge is -2.08. The Morgan fingerprint density at radius 3 is 2.89 bits per heavy atom. The van der Waals surface area contributed by atoms with Crippen molar-refractivity contribution in [3.05, 3.63) is 52.4 Å². The number of halogens is 1. The van der Waals surface area contributed by atoms with Gasteiger partial charge in [-0.15, -0.1) is 0 Å². The van der Waals surface area contributed by atoms with E-state index in [1.54, 1.807) is 6.26 Å². The zero-order chi connectivity index (χ0) is 13.7. The van der Waals surface area contributed by atoms with Gasteiger partial charge >= 0.3 is 0 Å². The van der Waals surface area contributed by atoms with Gasteiger partial charge in [0.1, 0.15) is 18.1 Å². The Morgan fingerprint density at radius 1 is 1.32 bits per heavy atom. The topological polar surface area (TPSA) is 34.4 Å². The van der Waals surface area contributed by atoms with Crippen LogP contribution in [0.3, 0.4) is 0 Å². The third kappa shape index (κ3) is 3.75. The van der Waals surface area contributed by atoms with Crippen LogP contribution in [0.15, 0.2) is 34.9 Å². The average Bonchev–Trinajstić information content (AvgIpc) is 2.83. The standard InChI is InChI=1S/C15H18ClNO2/c1-3-17-9-12-6-7-18-15(12)10-19-14-5-4-11(2)8-13(14)16/h4-8,17H,3,9-10H2,1-2H3. The quantitative estimate of drug-likeness (QED) is 0.870. The molecule has 1 aromatic heterocycles. The number of hydrogen-bond donors (Lipinski definition) is 1. The zero-order valence-corrected chi connectivity index (χ0v) is 12.0. The summed E-state index contributed by atoms with van der Waals surface area (Å²) in [6, 6.07) is 7.70. The maximum absolute atomic E-state index is 6.13. The van der Waals surface area contributed by atoms with Crippen molar-refractivity contribution in [2.45, 2.75) is 27.0 Å². The van der Waals surface area contributed by atoms with E-state index in [0.717, 1.165) is 30.0 Å². The van der Waals surface area contributed by atoms with E-state index in [2.05, 4.69) is 12.2 Å². The molecule has 0 aliphatic carbocycles. The zero-order valence-electron chi connectivity index (χ0n) is 11.2. The Bertz CT molecular complexity index is 537. The highest BCUT2D eigenvalue weighted by molar-refractivity contribution is 6.32. The molecule has 0 bridgehead atoms. The number of furan rings is 1. The second-order valence-corrected chi connectivity index (χ2v) is 4.78. The third-order valence-corrected chi connectivity index (χ3v) is 3.14. The normalized spacial score (nSPS) is 10.7. The molecule has 102 valence electrons. The van der Waals surface area contributed by atoms with E-state index in [1.165, 1.54) is 0 Å². The van der Waals surface area contributed by atoms with Crippen LogP contribution in [0.2, 0.25) is 5.02 Å². The number of ether oxygens (including phenoxy) is 1. The molecule has 4 heteroatoms. The summed E-state index contributed by atoms with van der Waals surface area (Å²) in [6.07, 6.45) is 1.68. The van der Waals surface area contributed by atoms with E-state index in [-0.39, 0.29) is 0 Å². The fourth-order valence-electron chi connectivity index (χ4n) is 1.78. The van der Waals surface area contributed by atoms with Gasteiger partial charge in [-0.3, -0.25) is 0 Å². The molecule has 19 heavy (non-hydrogen) atoms. The minimum atomic E-state index is 0.385. The molecule has 2 aromatic rings. The second kappa shape index (κ2) is 6.64. The van der Waals surface area contributed by atoms with Crippen LogP contribution in [0.25, 0.3) is 0 Å². The summed E-state index contributed by atoms with van der Waals surface area (Å²) in [7, 11) is 0. The van der Waals surface area contributed by atoms with Gasteiger partial charge in [0.25, 0.3) is 0 Å². The van der Waals surface area contributed by atoms with Gasteiger partial charge in [0, 0.05) is 12.1 Å². The number of hydrogen-bond acceptors (Lipinski definition) is 3. The molecule has 0 spiro atoms. The SMILES string of the molecule is CCNCc1ccoc1COc1ccc(C)cc1Cl. The molecule has 0 amide bonds. The Kier molecular flexibility index (Phi) is 4.88. The van der Waals surface area contributed by atoms with Crippen LogP contribution in [0.4, 0.5) is 0 Å². The predicted molar refractivity (Wildman–Crippen MR) is 76.6 cm³/mol. The van der Waals surface area contributed by atoms with Gasteiger partial charge in [0.05, 0.1) is 11.3 Å². The Hall–Kier alpha value is -1.45. The molecule has 0 unspecified atom stereocenters. The maximum atomic E-state index is 6.13. The lowest BCUT2D eigenvalue weighted by Crippen LogP contribution is -2.12. The van der Waals surface area contributed by atoms with Gasteiger partial charge in [-0.05, 0) is 37.2 Å². The largest absolute Gasteiger partial charge is 0.484 e. The second-order valence-electron chi connectivity index (χ2n) is 4.37. The lowest BCUT2D eigenvalue weighted by molar-refractivity contribution is 0.268. The van der Waals surface area contributed by atoms with Gasteiger partial charge < -0.3 is 14.5 Å². The van der Waals surface area contributed by atoms with E-state index < -0.39 is 0 Å². The van der Waals surface area contributed by atoms with E-state index in [0.29, 0.717) is 17.4 Å². The summed E-state index contributed by atoms with van der Waals surface area (Å²) in [5, 5.41) is 3.89. The summed E-state index contributed by atoms with van der Waals surface area (Å²) in [5.41, 5.74) is 2.23. The predicted octanol–water partition coefficient (Wildman–Crippen LogP) is 3.93. The smallest absolute Gasteiger partial charge is 0.146 e. The molecule has 0 saturated heterocycles. The van der Waals surface area contributed by atoms with Gasteiger partial charge in [0.2, 0.25) is 0 Å². The number of rotatable bonds is 6. The van der Waals surface area contributed by atoms with Crippen molar-refractivity contribution in [3.8, 4) is 5.75 Å². The Morgan fingerprint density at radius 2 is 2.16 bits per heavy atom. The Labute approximate surface area is 118 Å². The summed E-state index contributed by atoms with van der Waals surface area (Å²) < 4.78 is 11.1. The molecule has 0 saturated carbocycles. The Balaban J connectivity index is 2.00. The first-order chi connectivity index (χ1) is 9.20. The molecule has 0 radical (unpaired) electrons. The van der Waals surface area contributed by atoms with Crippen molar-refractivity contribution in [2.75, 3.05) is 6.54 Å². The van der Waals surface area contributed by atoms with Crippen molar-refractivity contribution in [2.24, 2.45) is 0 Å². The highest BCUT2D eigenvalue weighted by Gasteiger charge is 2.08. The van der Waals surface area contributed by atoms with Crippen LogP contribution >= 0.6 is 11.6 Å². The van der Waals surface area contributed by atoms with E-state index >= 15 is 0 Å². The molecule has 3 nitrogen and oxygen atoms in total. The van der Waals surface area contributed by atoms with Crippen LogP contribution in [0.1, 0.15) is 23.8 Å². The fraction of sp³-hybridized carbons (Fsp3) is 0.333. The molecule has 0 atom stereocenters. The molecule has 0 aliphatic heterocycles. The van der Waals surface area contributed by atoms with Gasteiger partial charge in [-0.25, -0.2) is 0 Å². The molecule has 0 fully saturated rings. The number of aryl methyl sites for hydroxylation is 1. The maximum Gasteiger partial charge on any atom is 0.146 e. The van der Waals surface area contributed by atoms with Gasteiger partial charge in [-0.2, -0.15) is 0 Å². The average molecular weight is 280 g/mol. The molecule has 2 rings (SSSR count). The summed E-state index contributed by atoms with van der Waals surface area (Å²) in [6.45, 7) is 6.16. The fourth-order valence-corrected chi connectivity index (χ4v) is 2.07. The molecular formula is C15H18ClNO2. The monoisotopic (exact) mass is 279 g/mol. The van der Waals surface area contributed by atoms with Crippen molar-refractivity contribution in [1.29, 1.82) is 0 Å². The van der Waals surface area contributed by atoms with Crippen LogP contribution in [0, 0.1) is 6.92 Å². The van der Waals surface area contributed by atoms with Crippen LogP contribution in [-0.4, -0.2) is 6.54 Å². The van der Waals surface area contributed by atoms with Crippen molar-refractivity contribution in [1.82, 2.24) is 5.32 Å². The first-order valence-electron chi connectivity index (χ1n) is 6.35. The highest BCUT2D eigenvalue weighted by Crippen LogP contribution is 2.26. The van der Waals surface area contributed by atoms with E-state index in [4.69, 9.17) is 20.8 Å². The molecule has 1 heterocycles. The van der Waals surface area contributed by atoms with E-state index in [9.17, 15) is 0 Å².